The number of rotatable bonds is 8. The van der Waals surface area contributed by atoms with Crippen molar-refractivity contribution in [1.82, 2.24) is 0 Å². The van der Waals surface area contributed by atoms with E-state index in [-0.39, 0.29) is 0 Å². The van der Waals surface area contributed by atoms with E-state index < -0.39 is 0 Å². The Kier molecular flexibility index (Phi) is 8.06. The Morgan fingerprint density at radius 1 is 1.45 bits per heavy atom. The number of hydrogen-bond donors (Lipinski definition) is 0. The number of allylic oxidation sites excluding steroid dienone is 1. The maximum Gasteiger partial charge on any atom is 0.127 e. The molecule has 0 fully saturated rings. The van der Waals surface area contributed by atoms with E-state index >= 15 is 0 Å². The predicted molar refractivity (Wildman–Crippen MR) is 90.5 cm³/mol. The van der Waals surface area contributed by atoms with Gasteiger partial charge in [0.1, 0.15) is 13.8 Å². The Morgan fingerprint density at radius 2 is 2.20 bits per heavy atom. The Balaban J connectivity index is 2.48. The first-order chi connectivity index (χ1) is 9.67. The largest absolute Gasteiger partial charge is 0.410 e. The Bertz CT molecular complexity index is 498. The zero-order valence-corrected chi connectivity index (χ0v) is 13.7. The number of nitrogens with zero attached hydrogens (tertiary/aromatic N) is 4. The standard InChI is InChI=1S/C14H20N4S2/c1-5-12(16-15-2)10-19-11-20-14-9-7-6-8-13(14)17-18(3)4/h5-9H,3,10-11H2,1-2,4H3/b12-5+,16-15?. The average molecular weight is 308 g/mol. The SMILES string of the molecule is C=[N+](C)[N-]c1ccccc1SCSC/C(=C\C)N=NC. The first-order valence-corrected chi connectivity index (χ1v) is 8.32. The smallest absolute Gasteiger partial charge is 0.127 e. The van der Waals surface area contributed by atoms with Gasteiger partial charge in [0, 0.05) is 17.9 Å². The van der Waals surface area contributed by atoms with Gasteiger partial charge < -0.3 is 5.43 Å². The van der Waals surface area contributed by atoms with Gasteiger partial charge >= 0.3 is 0 Å². The highest BCUT2D eigenvalue weighted by Crippen LogP contribution is 2.34. The summed E-state index contributed by atoms with van der Waals surface area (Å²) in [7, 11) is 3.51. The van der Waals surface area contributed by atoms with Crippen molar-refractivity contribution in [1.29, 1.82) is 0 Å². The quantitative estimate of drug-likeness (QED) is 0.133. The molecule has 0 bridgehead atoms. The van der Waals surface area contributed by atoms with E-state index in [4.69, 9.17) is 0 Å². The van der Waals surface area contributed by atoms with Crippen molar-refractivity contribution in [2.75, 3.05) is 24.9 Å². The number of azo groups is 1. The van der Waals surface area contributed by atoms with Crippen LogP contribution in [0.3, 0.4) is 0 Å². The van der Waals surface area contributed by atoms with E-state index in [2.05, 4.69) is 28.4 Å². The van der Waals surface area contributed by atoms with E-state index in [0.717, 1.165) is 27.1 Å². The van der Waals surface area contributed by atoms with Gasteiger partial charge in [-0.3, -0.25) is 4.68 Å². The first kappa shape index (κ1) is 16.8. The van der Waals surface area contributed by atoms with Crippen molar-refractivity contribution in [2.24, 2.45) is 10.2 Å². The summed E-state index contributed by atoms with van der Waals surface area (Å²) in [5.41, 5.74) is 6.33. The fraction of sp³-hybridized carbons (Fsp3) is 0.357. The van der Waals surface area contributed by atoms with E-state index in [1.54, 1.807) is 23.5 Å². The van der Waals surface area contributed by atoms with Crippen molar-refractivity contribution < 1.29 is 4.68 Å². The minimum atomic E-state index is 0.870. The van der Waals surface area contributed by atoms with Crippen molar-refractivity contribution in [3.05, 3.63) is 41.5 Å². The Morgan fingerprint density at radius 3 is 2.85 bits per heavy atom. The molecule has 1 rings (SSSR count). The summed E-state index contributed by atoms with van der Waals surface area (Å²) in [5.74, 6) is 0.870. The molecule has 0 saturated carbocycles. The minimum Gasteiger partial charge on any atom is -0.410 e. The van der Waals surface area contributed by atoms with Gasteiger partial charge in [0.05, 0.1) is 5.70 Å². The van der Waals surface area contributed by atoms with E-state index in [0.29, 0.717) is 0 Å². The topological polar surface area (TPSA) is 41.8 Å². The van der Waals surface area contributed by atoms with Crippen LogP contribution in [0.15, 0.2) is 51.2 Å². The lowest BCUT2D eigenvalue weighted by Gasteiger charge is -2.17. The first-order valence-electron chi connectivity index (χ1n) is 6.17. The molecule has 0 unspecified atom stereocenters. The zero-order chi connectivity index (χ0) is 14.8. The highest BCUT2D eigenvalue weighted by atomic mass is 32.2. The molecule has 20 heavy (non-hydrogen) atoms. The summed E-state index contributed by atoms with van der Waals surface area (Å²) < 4.78 is 1.58. The summed E-state index contributed by atoms with van der Waals surface area (Å²) >= 11 is 3.59. The van der Waals surface area contributed by atoms with E-state index in [1.807, 2.05) is 50.0 Å². The zero-order valence-electron chi connectivity index (χ0n) is 12.1. The highest BCUT2D eigenvalue weighted by molar-refractivity contribution is 8.16. The summed E-state index contributed by atoms with van der Waals surface area (Å²) in [6.45, 7) is 5.73. The van der Waals surface area contributed by atoms with Crippen molar-refractivity contribution in [3.63, 3.8) is 0 Å². The van der Waals surface area contributed by atoms with Crippen LogP contribution in [0.25, 0.3) is 5.43 Å². The Hall–Kier alpha value is -1.27. The second-order valence-electron chi connectivity index (χ2n) is 3.92. The molecule has 0 spiro atoms. The van der Waals surface area contributed by atoms with Crippen LogP contribution in [-0.4, -0.2) is 36.3 Å². The van der Waals surface area contributed by atoms with Crippen LogP contribution in [0, 0.1) is 0 Å². The molecule has 1 aromatic rings. The van der Waals surface area contributed by atoms with Gasteiger partial charge in [0.25, 0.3) is 0 Å². The fourth-order valence-corrected chi connectivity index (χ4v) is 3.44. The summed E-state index contributed by atoms with van der Waals surface area (Å²) in [6, 6.07) is 8.09. The van der Waals surface area contributed by atoms with Gasteiger partial charge in [0.2, 0.25) is 0 Å². The molecule has 0 aliphatic rings. The summed E-state index contributed by atoms with van der Waals surface area (Å²) in [5, 5.41) is 8.81. The van der Waals surface area contributed by atoms with Crippen LogP contribution in [0.2, 0.25) is 0 Å². The lowest BCUT2D eigenvalue weighted by Crippen LogP contribution is -1.92. The third kappa shape index (κ3) is 6.25. The molecule has 0 aromatic heterocycles. The molecule has 0 radical (unpaired) electrons. The molecule has 0 aliphatic heterocycles. The predicted octanol–water partition coefficient (Wildman–Crippen LogP) is 4.72. The third-order valence-electron chi connectivity index (χ3n) is 2.25. The molecular weight excluding hydrogens is 288 g/mol. The number of hydrogen-bond acceptors (Lipinski definition) is 4. The van der Waals surface area contributed by atoms with Crippen molar-refractivity contribution in [2.45, 2.75) is 11.8 Å². The molecule has 0 aliphatic carbocycles. The number of benzene rings is 1. The van der Waals surface area contributed by atoms with Gasteiger partial charge in [-0.15, -0.1) is 23.5 Å². The highest BCUT2D eigenvalue weighted by Gasteiger charge is 1.99. The van der Waals surface area contributed by atoms with Crippen LogP contribution >= 0.6 is 23.5 Å². The molecule has 4 nitrogen and oxygen atoms in total. The normalized spacial score (nSPS) is 11.8. The van der Waals surface area contributed by atoms with Crippen LogP contribution in [0.1, 0.15) is 6.92 Å². The van der Waals surface area contributed by atoms with Crippen LogP contribution < -0.4 is 0 Å². The minimum absolute atomic E-state index is 0.870. The maximum absolute atomic E-state index is 4.37. The average Bonchev–Trinajstić information content (AvgIpc) is 2.43. The molecule has 1 aromatic carbocycles. The van der Waals surface area contributed by atoms with Gasteiger partial charge in [-0.25, -0.2) is 0 Å². The lowest BCUT2D eigenvalue weighted by atomic mass is 10.3. The van der Waals surface area contributed by atoms with Crippen LogP contribution in [0.5, 0.6) is 0 Å². The Labute approximate surface area is 129 Å². The summed E-state index contributed by atoms with van der Waals surface area (Å²) in [4.78, 5) is 1.16. The van der Waals surface area contributed by atoms with Crippen molar-refractivity contribution >= 4 is 35.9 Å². The molecule has 0 saturated heterocycles. The molecular formula is C14H20N4S2. The van der Waals surface area contributed by atoms with Gasteiger partial charge in [-0.05, 0) is 17.9 Å². The summed E-state index contributed by atoms with van der Waals surface area (Å²) in [6.07, 6.45) is 1.99. The van der Waals surface area contributed by atoms with E-state index in [1.165, 1.54) is 0 Å². The second kappa shape index (κ2) is 9.61. The fourth-order valence-electron chi connectivity index (χ4n) is 1.40. The molecule has 0 heterocycles. The van der Waals surface area contributed by atoms with Gasteiger partial charge in [-0.1, -0.05) is 30.0 Å². The van der Waals surface area contributed by atoms with Gasteiger partial charge in [-0.2, -0.15) is 10.2 Å². The molecule has 0 N–H and O–H groups in total. The molecule has 6 heteroatoms. The van der Waals surface area contributed by atoms with Crippen molar-refractivity contribution in [3.8, 4) is 0 Å². The van der Waals surface area contributed by atoms with Crippen LogP contribution in [-0.2, 0) is 0 Å². The van der Waals surface area contributed by atoms with E-state index in [9.17, 15) is 0 Å². The maximum atomic E-state index is 4.37. The lowest BCUT2D eigenvalue weighted by molar-refractivity contribution is -0.428. The molecule has 108 valence electrons. The second-order valence-corrected chi connectivity index (χ2v) is 6.28. The monoisotopic (exact) mass is 308 g/mol. The van der Waals surface area contributed by atoms with Gasteiger partial charge in [0.15, 0.2) is 0 Å². The molecule has 0 amide bonds. The molecule has 0 atom stereocenters. The van der Waals surface area contributed by atoms with Crippen LogP contribution in [0.4, 0.5) is 5.69 Å². The third-order valence-corrected chi connectivity index (χ3v) is 4.55. The number of thioether (sulfide) groups is 2.